The van der Waals surface area contributed by atoms with Crippen LogP contribution in [0.4, 0.5) is 4.79 Å². The number of hydrogen-bond donors (Lipinski definition) is 0. The molecule has 4 aromatic rings. The van der Waals surface area contributed by atoms with Crippen LogP contribution in [0.2, 0.25) is 0 Å². The third-order valence-corrected chi connectivity index (χ3v) is 8.20. The Labute approximate surface area is 222 Å². The lowest BCUT2D eigenvalue weighted by Gasteiger charge is -2.44. The van der Waals surface area contributed by atoms with Gasteiger partial charge in [0.15, 0.2) is 0 Å². The summed E-state index contributed by atoms with van der Waals surface area (Å²) in [6.45, 7) is 1.30. The maximum absolute atomic E-state index is 13.5. The smallest absolute Gasteiger partial charge is 0.410 e. The van der Waals surface area contributed by atoms with Crippen molar-refractivity contribution in [2.24, 2.45) is 0 Å². The van der Waals surface area contributed by atoms with Crippen LogP contribution < -0.4 is 4.74 Å². The van der Waals surface area contributed by atoms with Crippen LogP contribution in [0.5, 0.6) is 5.75 Å². The third-order valence-electron chi connectivity index (χ3n) is 8.20. The number of benzene rings is 4. The van der Waals surface area contributed by atoms with Gasteiger partial charge in [0.1, 0.15) is 12.4 Å². The molecule has 0 radical (unpaired) electrons. The highest BCUT2D eigenvalue weighted by Gasteiger charge is 2.40. The summed E-state index contributed by atoms with van der Waals surface area (Å²) in [5, 5.41) is 2.25. The number of amides is 1. The summed E-state index contributed by atoms with van der Waals surface area (Å²) in [6.07, 6.45) is 2.64. The summed E-state index contributed by atoms with van der Waals surface area (Å²) in [5.74, 6) is 0.911. The van der Waals surface area contributed by atoms with E-state index >= 15 is 0 Å². The molecule has 2 atom stereocenters. The fraction of sp³-hybridized carbons (Fsp3) is 0.242. The van der Waals surface area contributed by atoms with E-state index in [1.165, 1.54) is 33.4 Å². The van der Waals surface area contributed by atoms with E-state index in [1.54, 1.807) is 7.11 Å². The summed E-state index contributed by atoms with van der Waals surface area (Å²) in [4.78, 5) is 15.4. The molecule has 1 aliphatic carbocycles. The zero-order valence-electron chi connectivity index (χ0n) is 21.3. The lowest BCUT2D eigenvalue weighted by Crippen LogP contribution is -2.56. The predicted molar refractivity (Wildman–Crippen MR) is 148 cm³/mol. The number of ether oxygens (including phenoxy) is 3. The van der Waals surface area contributed by atoms with Crippen LogP contribution in [0.15, 0.2) is 91.0 Å². The van der Waals surface area contributed by atoms with Gasteiger partial charge in [-0.3, -0.25) is 4.90 Å². The molecule has 190 valence electrons. The maximum Gasteiger partial charge on any atom is 0.410 e. The quantitative estimate of drug-likeness (QED) is 0.313. The number of hydrogen-bond acceptors (Lipinski definition) is 4. The lowest BCUT2D eigenvalue weighted by atomic mass is 9.87. The van der Waals surface area contributed by atoms with E-state index in [4.69, 9.17) is 14.2 Å². The summed E-state index contributed by atoms with van der Waals surface area (Å²) >= 11 is 0. The van der Waals surface area contributed by atoms with Crippen LogP contribution in [0, 0.1) is 0 Å². The van der Waals surface area contributed by atoms with Crippen molar-refractivity contribution in [3.05, 3.63) is 108 Å². The van der Waals surface area contributed by atoms with Gasteiger partial charge in [0.25, 0.3) is 0 Å². The maximum atomic E-state index is 13.5. The van der Waals surface area contributed by atoms with Gasteiger partial charge in [-0.05, 0) is 51.3 Å². The van der Waals surface area contributed by atoms with Crippen LogP contribution >= 0.6 is 0 Å². The topological polar surface area (TPSA) is 48.0 Å². The molecule has 2 bridgehead atoms. The molecule has 7 rings (SSSR count). The number of morpholine rings is 1. The molecule has 4 aromatic carbocycles. The number of carbonyl (C=O) groups excluding carboxylic acids is 1. The second-order valence-electron chi connectivity index (χ2n) is 10.2. The van der Waals surface area contributed by atoms with E-state index < -0.39 is 0 Å². The first-order valence-electron chi connectivity index (χ1n) is 13.2. The summed E-state index contributed by atoms with van der Waals surface area (Å²) in [5.41, 5.74) is 7.32. The molecule has 1 saturated heterocycles. The third kappa shape index (κ3) is 3.69. The molecule has 0 saturated carbocycles. The van der Waals surface area contributed by atoms with Crippen molar-refractivity contribution in [1.29, 1.82) is 0 Å². The number of fused-ring (bicyclic) bond motifs is 6. The van der Waals surface area contributed by atoms with Crippen LogP contribution in [-0.2, 0) is 9.47 Å². The van der Waals surface area contributed by atoms with Gasteiger partial charge in [0.2, 0.25) is 0 Å². The van der Waals surface area contributed by atoms with Crippen LogP contribution in [0.25, 0.3) is 27.5 Å². The number of rotatable bonds is 4. The van der Waals surface area contributed by atoms with Gasteiger partial charge in [-0.1, -0.05) is 84.9 Å². The number of nitrogens with zero attached hydrogens (tertiary/aromatic N) is 1. The van der Waals surface area contributed by atoms with E-state index in [0.29, 0.717) is 19.8 Å². The van der Waals surface area contributed by atoms with Gasteiger partial charge in [-0.25, -0.2) is 4.79 Å². The Hall–Kier alpha value is -4.09. The molecular formula is C33H29NO4. The SMILES string of the molecule is COc1ccc(C2=CC3COCC(C2)N3C(=O)OCC2c3ccccc3-c3ccccc32)c2ccccc12. The standard InChI is InChI=1S/C33H29NO4/c1-36-32-15-14-24(25-8-6-7-13-30(25)32)21-16-22-18-37-19-23(17-21)34(22)33(35)38-20-31-28-11-4-2-9-26(28)27-10-3-5-12-29(27)31/h2-16,22-23,31H,17-20H2,1H3. The molecule has 2 aliphatic heterocycles. The second-order valence-corrected chi connectivity index (χ2v) is 10.2. The van der Waals surface area contributed by atoms with Crippen molar-refractivity contribution in [2.75, 3.05) is 26.9 Å². The molecule has 0 aromatic heterocycles. The summed E-state index contributed by atoms with van der Waals surface area (Å²) < 4.78 is 17.5. The molecule has 5 nitrogen and oxygen atoms in total. The number of methoxy groups -OCH3 is 1. The normalized spacial score (nSPS) is 20.0. The monoisotopic (exact) mass is 503 g/mol. The highest BCUT2D eigenvalue weighted by molar-refractivity contribution is 5.98. The molecule has 2 heterocycles. The Bertz CT molecular complexity index is 1530. The Kier molecular flexibility index (Phi) is 5.67. The first kappa shape index (κ1) is 23.1. The fourth-order valence-corrected chi connectivity index (χ4v) is 6.48. The first-order chi connectivity index (χ1) is 18.7. The minimum absolute atomic E-state index is 0.0454. The van der Waals surface area contributed by atoms with Crippen LogP contribution in [0.1, 0.15) is 29.0 Å². The van der Waals surface area contributed by atoms with Crippen molar-refractivity contribution in [2.45, 2.75) is 24.4 Å². The van der Waals surface area contributed by atoms with E-state index in [9.17, 15) is 4.79 Å². The second kappa shape index (κ2) is 9.34. The molecule has 3 aliphatic rings. The Morgan fingerprint density at radius 2 is 1.53 bits per heavy atom. The lowest BCUT2D eigenvalue weighted by molar-refractivity contribution is -0.0331. The molecule has 1 amide bonds. The molecule has 2 unspecified atom stereocenters. The fourth-order valence-electron chi connectivity index (χ4n) is 6.48. The minimum Gasteiger partial charge on any atom is -0.496 e. The Morgan fingerprint density at radius 3 is 2.24 bits per heavy atom. The van der Waals surface area contributed by atoms with Crippen molar-refractivity contribution in [1.82, 2.24) is 4.90 Å². The van der Waals surface area contributed by atoms with Gasteiger partial charge in [-0.15, -0.1) is 0 Å². The highest BCUT2D eigenvalue weighted by Crippen LogP contribution is 2.45. The van der Waals surface area contributed by atoms with Crippen LogP contribution in [-0.4, -0.2) is 50.0 Å². The average molecular weight is 504 g/mol. The van der Waals surface area contributed by atoms with Gasteiger partial charge in [-0.2, -0.15) is 0 Å². The molecule has 38 heavy (non-hydrogen) atoms. The Balaban J connectivity index is 1.15. The molecule has 5 heteroatoms. The minimum atomic E-state index is -0.264. The zero-order chi connectivity index (χ0) is 25.6. The summed E-state index contributed by atoms with van der Waals surface area (Å²) in [6, 6.07) is 29.1. The Morgan fingerprint density at radius 1 is 0.842 bits per heavy atom. The van der Waals surface area contributed by atoms with Gasteiger partial charge in [0.05, 0.1) is 32.4 Å². The van der Waals surface area contributed by atoms with Crippen molar-refractivity contribution in [3.63, 3.8) is 0 Å². The molecular weight excluding hydrogens is 474 g/mol. The zero-order valence-corrected chi connectivity index (χ0v) is 21.3. The average Bonchev–Trinajstić information content (AvgIpc) is 3.28. The first-order valence-corrected chi connectivity index (χ1v) is 13.2. The molecule has 0 N–H and O–H groups in total. The van der Waals surface area contributed by atoms with E-state index in [0.717, 1.165) is 22.9 Å². The van der Waals surface area contributed by atoms with Crippen LogP contribution in [0.3, 0.4) is 0 Å². The van der Waals surface area contributed by atoms with E-state index in [1.807, 2.05) is 17.0 Å². The van der Waals surface area contributed by atoms with E-state index in [2.05, 4.69) is 78.9 Å². The van der Waals surface area contributed by atoms with Crippen molar-refractivity contribution < 1.29 is 19.0 Å². The molecule has 1 fully saturated rings. The van der Waals surface area contributed by atoms with Gasteiger partial charge < -0.3 is 14.2 Å². The predicted octanol–water partition coefficient (Wildman–Crippen LogP) is 6.65. The largest absolute Gasteiger partial charge is 0.496 e. The number of carbonyl (C=O) groups is 1. The van der Waals surface area contributed by atoms with Crippen molar-refractivity contribution >= 4 is 22.4 Å². The van der Waals surface area contributed by atoms with Crippen molar-refractivity contribution in [3.8, 4) is 16.9 Å². The van der Waals surface area contributed by atoms with Gasteiger partial charge >= 0.3 is 6.09 Å². The molecule has 0 spiro atoms. The van der Waals surface area contributed by atoms with Gasteiger partial charge in [0, 0.05) is 11.3 Å². The van der Waals surface area contributed by atoms with E-state index in [-0.39, 0.29) is 24.1 Å². The highest BCUT2D eigenvalue weighted by atomic mass is 16.6. The summed E-state index contributed by atoms with van der Waals surface area (Å²) in [7, 11) is 1.70.